The van der Waals surface area contributed by atoms with Crippen LogP contribution in [0, 0.1) is 0 Å². The van der Waals surface area contributed by atoms with Crippen molar-refractivity contribution >= 4 is 11.8 Å². The van der Waals surface area contributed by atoms with Crippen molar-refractivity contribution in [2.24, 2.45) is 5.73 Å². The lowest BCUT2D eigenvalue weighted by molar-refractivity contribution is -0.139. The second-order valence-electron chi connectivity index (χ2n) is 8.44. The Bertz CT molecular complexity index is 1070. The van der Waals surface area contributed by atoms with Crippen LogP contribution in [0.3, 0.4) is 0 Å². The number of rotatable bonds is 7. The molecule has 2 heterocycles. The van der Waals surface area contributed by atoms with E-state index in [1.165, 1.54) is 11.2 Å². The molecular weight excluding hydrogens is 421 g/mol. The molecule has 8 heteroatoms. The molecule has 1 aliphatic rings. The number of benzene rings is 2. The van der Waals surface area contributed by atoms with Crippen LogP contribution in [0.15, 0.2) is 73.3 Å². The third kappa shape index (κ3) is 5.28. The van der Waals surface area contributed by atoms with Gasteiger partial charge in [0.25, 0.3) is 0 Å². The molecule has 0 spiro atoms. The zero-order chi connectivity index (χ0) is 23.4. The Morgan fingerprint density at radius 3 is 2.42 bits per heavy atom. The van der Waals surface area contributed by atoms with E-state index in [-0.39, 0.29) is 37.4 Å². The number of hydrogen-bond donors (Lipinski definition) is 2. The Balaban J connectivity index is 1.56. The van der Waals surface area contributed by atoms with Crippen LogP contribution in [0.4, 0.5) is 4.39 Å². The van der Waals surface area contributed by atoms with Crippen molar-refractivity contribution in [3.63, 3.8) is 0 Å². The van der Waals surface area contributed by atoms with Crippen LogP contribution in [0.2, 0.25) is 0 Å². The van der Waals surface area contributed by atoms with E-state index in [4.69, 9.17) is 5.73 Å². The van der Waals surface area contributed by atoms with Gasteiger partial charge in [-0.1, -0.05) is 54.6 Å². The predicted molar refractivity (Wildman–Crippen MR) is 123 cm³/mol. The van der Waals surface area contributed by atoms with Crippen LogP contribution in [0.25, 0.3) is 0 Å². The molecule has 2 amide bonds. The molecule has 1 saturated heterocycles. The summed E-state index contributed by atoms with van der Waals surface area (Å²) in [7, 11) is 0. The summed E-state index contributed by atoms with van der Waals surface area (Å²) < 4.78 is 15.9. The lowest BCUT2D eigenvalue weighted by Gasteiger charge is -2.27. The minimum absolute atomic E-state index is 0.0113. The Hall–Kier alpha value is -3.52. The molecule has 3 aromatic rings. The smallest absolute Gasteiger partial charge is 0.243 e. The van der Waals surface area contributed by atoms with Crippen molar-refractivity contribution in [3.8, 4) is 0 Å². The second-order valence-corrected chi connectivity index (χ2v) is 8.44. The van der Waals surface area contributed by atoms with Gasteiger partial charge in [0.05, 0.1) is 18.9 Å². The van der Waals surface area contributed by atoms with Gasteiger partial charge in [0.1, 0.15) is 18.8 Å². The van der Waals surface area contributed by atoms with E-state index in [0.717, 1.165) is 16.7 Å². The molecule has 1 unspecified atom stereocenters. The maximum atomic E-state index is 14.3. The quantitative estimate of drug-likeness (QED) is 0.580. The zero-order valence-corrected chi connectivity index (χ0v) is 18.5. The van der Waals surface area contributed by atoms with Gasteiger partial charge in [-0.05, 0) is 23.6 Å². The molecule has 0 saturated carbocycles. The van der Waals surface area contributed by atoms with Crippen molar-refractivity contribution in [1.29, 1.82) is 0 Å². The van der Waals surface area contributed by atoms with Crippen LogP contribution in [0.1, 0.15) is 42.1 Å². The molecule has 7 nitrogen and oxygen atoms in total. The molecule has 0 bridgehead atoms. The van der Waals surface area contributed by atoms with Gasteiger partial charge < -0.3 is 20.5 Å². The molecule has 1 fully saturated rings. The molecule has 3 N–H and O–H groups in total. The highest BCUT2D eigenvalue weighted by Crippen LogP contribution is 2.26. The molecular formula is C25H28FN5O2. The Morgan fingerprint density at radius 1 is 1.12 bits per heavy atom. The van der Waals surface area contributed by atoms with Gasteiger partial charge >= 0.3 is 0 Å². The first-order chi connectivity index (χ1) is 15.9. The monoisotopic (exact) mass is 449 g/mol. The minimum Gasteiger partial charge on any atom is -0.343 e. The molecule has 0 aliphatic carbocycles. The van der Waals surface area contributed by atoms with Gasteiger partial charge in [-0.25, -0.2) is 9.37 Å². The largest absolute Gasteiger partial charge is 0.343 e. The third-order valence-electron chi connectivity index (χ3n) is 5.97. The average molecular weight is 450 g/mol. The summed E-state index contributed by atoms with van der Waals surface area (Å²) in [6, 6.07) is 15.9. The number of aromatic nitrogens is 2. The molecule has 33 heavy (non-hydrogen) atoms. The Kier molecular flexibility index (Phi) is 6.84. The summed E-state index contributed by atoms with van der Waals surface area (Å²) in [5, 5.41) is 3.05. The highest BCUT2D eigenvalue weighted by Gasteiger charge is 2.40. The first-order valence-electron chi connectivity index (χ1n) is 11.0. The lowest BCUT2D eigenvalue weighted by atomic mass is 9.96. The van der Waals surface area contributed by atoms with Gasteiger partial charge in [-0.2, -0.15) is 0 Å². The van der Waals surface area contributed by atoms with Gasteiger partial charge in [-0.3, -0.25) is 9.59 Å². The Labute approximate surface area is 192 Å². The molecule has 4 atom stereocenters. The SMILES string of the molecule is CC(N)c1ccc([C@@H](NC(=O)[C@@H]2C[C@@H](F)CN2C(=O)Cn2ccnc2)c2ccccc2)cc1. The normalized spacial score (nSPS) is 19.8. The van der Waals surface area contributed by atoms with Crippen LogP contribution >= 0.6 is 0 Å². The second kappa shape index (κ2) is 9.95. The van der Waals surface area contributed by atoms with Crippen LogP contribution in [0.5, 0.6) is 0 Å². The summed E-state index contributed by atoms with van der Waals surface area (Å²) >= 11 is 0. The average Bonchev–Trinajstić information content (AvgIpc) is 3.47. The fraction of sp³-hybridized carbons (Fsp3) is 0.320. The highest BCUT2D eigenvalue weighted by atomic mass is 19.1. The summed E-state index contributed by atoms with van der Waals surface area (Å²) in [6.07, 6.45) is 3.49. The van der Waals surface area contributed by atoms with Crippen molar-refractivity contribution in [3.05, 3.63) is 90.0 Å². The number of alkyl halides is 1. The number of likely N-dealkylation sites (tertiary alicyclic amines) is 1. The minimum atomic E-state index is -1.24. The van der Waals surface area contributed by atoms with E-state index in [1.54, 1.807) is 17.0 Å². The maximum Gasteiger partial charge on any atom is 0.243 e. The van der Waals surface area contributed by atoms with Crippen molar-refractivity contribution in [2.45, 2.75) is 44.2 Å². The van der Waals surface area contributed by atoms with E-state index >= 15 is 0 Å². The fourth-order valence-electron chi connectivity index (χ4n) is 4.17. The first kappa shape index (κ1) is 22.7. The van der Waals surface area contributed by atoms with Crippen LogP contribution in [-0.4, -0.2) is 45.0 Å². The summed E-state index contributed by atoms with van der Waals surface area (Å²) in [4.78, 5) is 31.4. The highest BCUT2D eigenvalue weighted by molar-refractivity contribution is 5.88. The van der Waals surface area contributed by atoms with Crippen LogP contribution in [-0.2, 0) is 16.1 Å². The number of imidazole rings is 1. The molecule has 172 valence electrons. The number of carbonyl (C=O) groups excluding carboxylic acids is 2. The molecule has 1 aromatic heterocycles. The number of amides is 2. The topological polar surface area (TPSA) is 93.3 Å². The van der Waals surface area contributed by atoms with Crippen molar-refractivity contribution in [2.75, 3.05) is 6.54 Å². The standard InChI is InChI=1S/C25H28FN5O2/c1-17(27)18-7-9-20(10-8-18)24(19-5-3-2-4-6-19)29-25(33)22-13-21(26)14-31(22)23(32)15-30-12-11-28-16-30/h2-12,16-17,21-22,24H,13-15,27H2,1H3,(H,29,33)/t17?,21-,22+,24+/m1/s1. The number of hydrogen-bond acceptors (Lipinski definition) is 4. The third-order valence-corrected chi connectivity index (χ3v) is 5.97. The van der Waals surface area contributed by atoms with E-state index in [9.17, 15) is 14.0 Å². The van der Waals surface area contributed by atoms with Crippen molar-refractivity contribution in [1.82, 2.24) is 19.8 Å². The lowest BCUT2D eigenvalue weighted by Crippen LogP contribution is -2.47. The van der Waals surface area contributed by atoms with E-state index in [2.05, 4.69) is 10.3 Å². The molecule has 4 rings (SSSR count). The van der Waals surface area contributed by atoms with E-state index in [1.807, 2.05) is 61.5 Å². The van der Waals surface area contributed by atoms with Gasteiger partial charge in [0, 0.05) is 24.9 Å². The number of halogens is 1. The predicted octanol–water partition coefficient (Wildman–Crippen LogP) is 2.75. The molecule has 0 radical (unpaired) electrons. The van der Waals surface area contributed by atoms with Gasteiger partial charge in [0.15, 0.2) is 0 Å². The van der Waals surface area contributed by atoms with E-state index < -0.39 is 18.3 Å². The summed E-state index contributed by atoms with van der Waals surface area (Å²) in [5.41, 5.74) is 8.73. The van der Waals surface area contributed by atoms with Crippen molar-refractivity contribution < 1.29 is 14.0 Å². The zero-order valence-electron chi connectivity index (χ0n) is 18.5. The van der Waals surface area contributed by atoms with Gasteiger partial charge in [-0.15, -0.1) is 0 Å². The van der Waals surface area contributed by atoms with E-state index in [0.29, 0.717) is 0 Å². The van der Waals surface area contributed by atoms with Crippen LogP contribution < -0.4 is 11.1 Å². The van der Waals surface area contributed by atoms with Gasteiger partial charge in [0.2, 0.25) is 11.8 Å². The fourth-order valence-corrected chi connectivity index (χ4v) is 4.17. The number of nitrogens with zero attached hydrogens (tertiary/aromatic N) is 3. The number of carbonyl (C=O) groups is 2. The Morgan fingerprint density at radius 2 is 1.79 bits per heavy atom. The molecule has 2 aromatic carbocycles. The first-order valence-corrected chi connectivity index (χ1v) is 11.0. The number of nitrogens with two attached hydrogens (primary N) is 1. The maximum absolute atomic E-state index is 14.3. The number of nitrogens with one attached hydrogen (secondary N) is 1. The summed E-state index contributed by atoms with van der Waals surface area (Å²) in [5.74, 6) is -0.690. The summed E-state index contributed by atoms with van der Waals surface area (Å²) in [6.45, 7) is 1.83. The molecule has 1 aliphatic heterocycles.